The van der Waals surface area contributed by atoms with Gasteiger partial charge in [0.05, 0.1) is 11.2 Å². The number of hydrogen-bond donors (Lipinski definition) is 0. The van der Waals surface area contributed by atoms with E-state index in [1.54, 1.807) is 0 Å². The maximum absolute atomic E-state index is 6.26. The van der Waals surface area contributed by atoms with Gasteiger partial charge in [0.1, 0.15) is 0 Å². The SMILES string of the molecule is CC1(C)OB(c2ccc3c(c2)C(C)(C)C(C)(C)C3(C)C)OC1(C)C.S=S=S=S=S. The standard InChI is InChI=1S/C21H33BO2.S5/c1-17(2)15-12-11-14(13-16(15)18(3,4)19(17,5)6)22-23-20(7,8)21(9,10)24-22;1-3-5-4-2/h11-13H,1-10H3;. The Bertz CT molecular complexity index is 891. The Morgan fingerprint density at radius 3 is 1.59 bits per heavy atom. The van der Waals surface area contributed by atoms with Gasteiger partial charge in [0.25, 0.3) is 0 Å². The second-order valence-corrected chi connectivity index (χ2v) is 15.8. The molecule has 1 aromatic rings. The maximum Gasteiger partial charge on any atom is 0.494 e. The Morgan fingerprint density at radius 2 is 1.17 bits per heavy atom. The van der Waals surface area contributed by atoms with Crippen LogP contribution >= 0.6 is 0 Å². The van der Waals surface area contributed by atoms with Crippen LogP contribution in [0, 0.1) is 5.41 Å². The molecule has 8 heteroatoms. The summed E-state index contributed by atoms with van der Waals surface area (Å²) in [7, 11) is 3.66. The Labute approximate surface area is 196 Å². The summed E-state index contributed by atoms with van der Waals surface area (Å²) in [6.07, 6.45) is 0. The molecule has 2 aliphatic rings. The molecular weight excluding hydrogens is 455 g/mol. The predicted molar refractivity (Wildman–Crippen MR) is 139 cm³/mol. The van der Waals surface area contributed by atoms with Crippen molar-refractivity contribution in [3.8, 4) is 0 Å². The smallest absolute Gasteiger partial charge is 0.399 e. The van der Waals surface area contributed by atoms with E-state index in [9.17, 15) is 0 Å². The highest BCUT2D eigenvalue weighted by atomic mass is 33.3. The van der Waals surface area contributed by atoms with Gasteiger partial charge in [0, 0.05) is 49.0 Å². The fourth-order valence-electron chi connectivity index (χ4n) is 4.22. The summed E-state index contributed by atoms with van der Waals surface area (Å²) in [5.41, 5.74) is 3.84. The van der Waals surface area contributed by atoms with Crippen molar-refractivity contribution < 1.29 is 9.31 Å². The molecule has 1 aliphatic heterocycles. The molecule has 1 saturated heterocycles. The lowest BCUT2D eigenvalue weighted by Gasteiger charge is -2.44. The highest BCUT2D eigenvalue weighted by Crippen LogP contribution is 2.61. The Balaban J connectivity index is 0.000000537. The van der Waals surface area contributed by atoms with Crippen LogP contribution in [0.15, 0.2) is 18.2 Å². The van der Waals surface area contributed by atoms with Crippen molar-refractivity contribution in [2.75, 3.05) is 0 Å². The Hall–Kier alpha value is 0.305. The molecule has 0 spiro atoms. The van der Waals surface area contributed by atoms with Crippen molar-refractivity contribution in [2.24, 2.45) is 5.41 Å². The van der Waals surface area contributed by atoms with Gasteiger partial charge in [-0.05, 0) is 60.5 Å². The van der Waals surface area contributed by atoms with Gasteiger partial charge in [-0.25, -0.2) is 0 Å². The molecule has 0 unspecified atom stereocenters. The van der Waals surface area contributed by atoms with Gasteiger partial charge >= 0.3 is 7.12 Å². The minimum Gasteiger partial charge on any atom is -0.399 e. The normalized spacial score (nSPS) is 24.1. The minimum atomic E-state index is -0.301. The maximum atomic E-state index is 6.26. The van der Waals surface area contributed by atoms with Crippen LogP contribution in [0.2, 0.25) is 0 Å². The summed E-state index contributed by atoms with van der Waals surface area (Å²) in [5, 5.41) is 0. The lowest BCUT2D eigenvalue weighted by Crippen LogP contribution is -2.42. The van der Waals surface area contributed by atoms with Crippen LogP contribution in [0.4, 0.5) is 0 Å². The van der Waals surface area contributed by atoms with Crippen LogP contribution < -0.4 is 5.46 Å². The van der Waals surface area contributed by atoms with Crippen LogP contribution in [0.1, 0.15) is 80.4 Å². The van der Waals surface area contributed by atoms with Crippen LogP contribution in [0.5, 0.6) is 0 Å². The molecule has 1 fully saturated rings. The third-order valence-electron chi connectivity index (χ3n) is 8.10. The van der Waals surface area contributed by atoms with Gasteiger partial charge in [-0.15, -0.1) is 0 Å². The number of fused-ring (bicyclic) bond motifs is 1. The number of rotatable bonds is 1. The van der Waals surface area contributed by atoms with Crippen molar-refractivity contribution in [3.63, 3.8) is 0 Å². The summed E-state index contributed by atoms with van der Waals surface area (Å²) >= 11 is 8.89. The molecule has 0 amide bonds. The number of hydrogen-bond acceptors (Lipinski definition) is 4. The van der Waals surface area contributed by atoms with Crippen molar-refractivity contribution in [1.29, 1.82) is 0 Å². The lowest BCUT2D eigenvalue weighted by atomic mass is 9.59. The molecule has 1 heterocycles. The molecular formula is C21H33BO2S5. The van der Waals surface area contributed by atoms with Crippen molar-refractivity contribution in [3.05, 3.63) is 29.3 Å². The van der Waals surface area contributed by atoms with Crippen molar-refractivity contribution in [1.82, 2.24) is 0 Å². The molecule has 1 aliphatic carbocycles. The van der Waals surface area contributed by atoms with Crippen molar-refractivity contribution >= 4 is 61.6 Å². The quantitative estimate of drug-likeness (QED) is 0.539. The van der Waals surface area contributed by atoms with Gasteiger partial charge in [0.15, 0.2) is 0 Å². The molecule has 2 nitrogen and oxygen atoms in total. The first-order valence-electron chi connectivity index (χ1n) is 9.82. The second-order valence-electron chi connectivity index (χ2n) is 10.5. The third kappa shape index (κ3) is 4.20. The van der Waals surface area contributed by atoms with Crippen LogP contribution in [0.25, 0.3) is 0 Å². The molecule has 162 valence electrons. The average molecular weight is 489 g/mol. The molecule has 0 aromatic heterocycles. The topological polar surface area (TPSA) is 18.5 Å². The van der Waals surface area contributed by atoms with E-state index in [0.29, 0.717) is 0 Å². The van der Waals surface area contributed by atoms with Crippen LogP contribution in [-0.2, 0) is 69.2 Å². The first-order chi connectivity index (χ1) is 13.1. The van der Waals surface area contributed by atoms with E-state index < -0.39 is 0 Å². The van der Waals surface area contributed by atoms with Crippen LogP contribution in [-0.4, -0.2) is 18.3 Å². The van der Waals surface area contributed by atoms with E-state index in [1.807, 2.05) is 0 Å². The molecule has 29 heavy (non-hydrogen) atoms. The molecule has 1 aromatic carbocycles. The van der Waals surface area contributed by atoms with E-state index in [4.69, 9.17) is 9.31 Å². The molecule has 0 radical (unpaired) electrons. The molecule has 3 rings (SSSR count). The summed E-state index contributed by atoms with van der Waals surface area (Å²) in [6.45, 7) is 22.7. The average Bonchev–Trinajstić information content (AvgIpc) is 2.87. The monoisotopic (exact) mass is 488 g/mol. The van der Waals surface area contributed by atoms with Crippen molar-refractivity contribution in [2.45, 2.75) is 91.3 Å². The van der Waals surface area contributed by atoms with Gasteiger partial charge in [-0.2, -0.15) is 0 Å². The first kappa shape index (κ1) is 25.6. The van der Waals surface area contributed by atoms with Gasteiger partial charge in [0.2, 0.25) is 0 Å². The van der Waals surface area contributed by atoms with E-state index in [0.717, 1.165) is 5.46 Å². The van der Waals surface area contributed by atoms with Crippen LogP contribution in [0.3, 0.4) is 0 Å². The summed E-state index contributed by atoms with van der Waals surface area (Å²) in [4.78, 5) is 0. The minimum absolute atomic E-state index is 0.103. The highest BCUT2D eigenvalue weighted by Gasteiger charge is 2.57. The van der Waals surface area contributed by atoms with Gasteiger partial charge in [-0.3, -0.25) is 0 Å². The Morgan fingerprint density at radius 1 is 0.724 bits per heavy atom. The molecule has 0 bridgehead atoms. The predicted octanol–water partition coefficient (Wildman–Crippen LogP) is 4.57. The lowest BCUT2D eigenvalue weighted by molar-refractivity contribution is 0.00578. The Kier molecular flexibility index (Phi) is 7.35. The third-order valence-corrected chi connectivity index (χ3v) is 12.5. The molecule has 0 atom stereocenters. The largest absolute Gasteiger partial charge is 0.494 e. The van der Waals surface area contributed by atoms with E-state index in [-0.39, 0.29) is 34.6 Å². The van der Waals surface area contributed by atoms with Gasteiger partial charge < -0.3 is 9.31 Å². The fourth-order valence-corrected chi connectivity index (χ4v) is 6.96. The van der Waals surface area contributed by atoms with E-state index in [1.165, 1.54) is 37.8 Å². The molecule has 0 N–H and O–H groups in total. The summed E-state index contributed by atoms with van der Waals surface area (Å²) < 4.78 is 12.5. The fraction of sp³-hybridized carbons (Fsp3) is 0.714. The first-order valence-corrected chi connectivity index (χ1v) is 15.2. The highest BCUT2D eigenvalue weighted by molar-refractivity contribution is 8.59. The summed E-state index contributed by atoms with van der Waals surface area (Å²) in [6, 6.07) is 6.82. The van der Waals surface area contributed by atoms with E-state index in [2.05, 4.69) is 110 Å². The zero-order chi connectivity index (χ0) is 22.5. The van der Waals surface area contributed by atoms with E-state index >= 15 is 0 Å². The summed E-state index contributed by atoms with van der Waals surface area (Å²) in [5.74, 6) is 0. The number of benzene rings is 1. The zero-order valence-corrected chi connectivity index (χ0v) is 23.2. The van der Waals surface area contributed by atoms with Gasteiger partial charge in [-0.1, -0.05) is 59.7 Å². The zero-order valence-electron chi connectivity index (χ0n) is 19.2. The molecule has 0 saturated carbocycles. The second kappa shape index (κ2) is 8.34.